The Morgan fingerprint density at radius 1 is 1.26 bits per heavy atom. The SMILES string of the molecule is CCC(CC)(CO)CNc1cccc(Cl)c1N(C)C. The van der Waals surface area contributed by atoms with Gasteiger partial charge in [0.2, 0.25) is 0 Å². The second-order valence-corrected chi connectivity index (χ2v) is 5.66. The van der Waals surface area contributed by atoms with Gasteiger partial charge in [-0.2, -0.15) is 0 Å². The van der Waals surface area contributed by atoms with Crippen molar-refractivity contribution < 1.29 is 5.11 Å². The Bertz CT molecular complexity index is 395. The van der Waals surface area contributed by atoms with Crippen molar-refractivity contribution in [1.82, 2.24) is 0 Å². The number of aliphatic hydroxyl groups is 1. The monoisotopic (exact) mass is 284 g/mol. The third-order valence-electron chi connectivity index (χ3n) is 3.92. The van der Waals surface area contributed by atoms with E-state index in [0.29, 0.717) is 0 Å². The third-order valence-corrected chi connectivity index (χ3v) is 4.23. The van der Waals surface area contributed by atoms with E-state index in [1.54, 1.807) is 0 Å². The summed E-state index contributed by atoms with van der Waals surface area (Å²) in [5.41, 5.74) is 1.94. The normalized spacial score (nSPS) is 11.5. The molecule has 0 aromatic heterocycles. The predicted octanol–water partition coefficient (Wildman–Crippen LogP) is 3.62. The molecule has 2 N–H and O–H groups in total. The van der Waals surface area contributed by atoms with Crippen LogP contribution in [0.3, 0.4) is 0 Å². The molecule has 0 unspecified atom stereocenters. The van der Waals surface area contributed by atoms with Crippen molar-refractivity contribution in [3.05, 3.63) is 23.2 Å². The lowest BCUT2D eigenvalue weighted by molar-refractivity contribution is 0.127. The Morgan fingerprint density at radius 2 is 1.89 bits per heavy atom. The van der Waals surface area contributed by atoms with Crippen LogP contribution in [0.2, 0.25) is 5.02 Å². The van der Waals surface area contributed by atoms with Crippen LogP contribution in [0.5, 0.6) is 0 Å². The van der Waals surface area contributed by atoms with Gasteiger partial charge in [-0.25, -0.2) is 0 Å². The minimum atomic E-state index is -0.0636. The van der Waals surface area contributed by atoms with Gasteiger partial charge in [0.25, 0.3) is 0 Å². The van der Waals surface area contributed by atoms with Gasteiger partial charge in [-0.15, -0.1) is 0 Å². The smallest absolute Gasteiger partial charge is 0.0786 e. The van der Waals surface area contributed by atoms with Crippen molar-refractivity contribution in [1.29, 1.82) is 0 Å². The van der Waals surface area contributed by atoms with E-state index in [-0.39, 0.29) is 12.0 Å². The van der Waals surface area contributed by atoms with Crippen LogP contribution in [0, 0.1) is 5.41 Å². The Morgan fingerprint density at radius 3 is 2.37 bits per heavy atom. The predicted molar refractivity (Wildman–Crippen MR) is 84.4 cm³/mol. The highest BCUT2D eigenvalue weighted by molar-refractivity contribution is 6.34. The van der Waals surface area contributed by atoms with Crippen molar-refractivity contribution in [3.8, 4) is 0 Å². The van der Waals surface area contributed by atoms with Gasteiger partial charge in [-0.1, -0.05) is 31.5 Å². The van der Waals surface area contributed by atoms with E-state index in [1.165, 1.54) is 0 Å². The summed E-state index contributed by atoms with van der Waals surface area (Å²) in [6.07, 6.45) is 1.90. The molecular weight excluding hydrogens is 260 g/mol. The zero-order valence-electron chi connectivity index (χ0n) is 12.3. The molecule has 1 rings (SSSR count). The number of aliphatic hydroxyl groups excluding tert-OH is 1. The first-order valence-corrected chi connectivity index (χ1v) is 7.18. The fraction of sp³-hybridized carbons (Fsp3) is 0.600. The lowest BCUT2D eigenvalue weighted by Gasteiger charge is -2.31. The first kappa shape index (κ1) is 16.1. The number of hydrogen-bond donors (Lipinski definition) is 2. The summed E-state index contributed by atoms with van der Waals surface area (Å²) < 4.78 is 0. The number of halogens is 1. The second-order valence-electron chi connectivity index (χ2n) is 5.25. The van der Waals surface area contributed by atoms with E-state index in [2.05, 4.69) is 19.2 Å². The van der Waals surface area contributed by atoms with Gasteiger partial charge in [0.15, 0.2) is 0 Å². The summed E-state index contributed by atoms with van der Waals surface area (Å²) in [7, 11) is 3.96. The number of para-hydroxylation sites is 1. The summed E-state index contributed by atoms with van der Waals surface area (Å²) in [5, 5.41) is 13.8. The Hall–Kier alpha value is -0.930. The number of anilines is 2. The molecule has 108 valence electrons. The molecule has 3 nitrogen and oxygen atoms in total. The van der Waals surface area contributed by atoms with Gasteiger partial charge in [-0.3, -0.25) is 0 Å². The number of rotatable bonds is 7. The summed E-state index contributed by atoms with van der Waals surface area (Å²) in [6.45, 7) is 5.18. The van der Waals surface area contributed by atoms with Crippen LogP contribution in [0.4, 0.5) is 11.4 Å². The van der Waals surface area contributed by atoms with Crippen LogP contribution in [-0.4, -0.2) is 32.4 Å². The summed E-state index contributed by atoms with van der Waals surface area (Å²) in [6, 6.07) is 5.85. The molecule has 4 heteroatoms. The highest BCUT2D eigenvalue weighted by Crippen LogP contribution is 2.34. The molecule has 0 fully saturated rings. The molecule has 19 heavy (non-hydrogen) atoms. The van der Waals surface area contributed by atoms with Crippen molar-refractivity contribution >= 4 is 23.0 Å². The van der Waals surface area contributed by atoms with Gasteiger partial charge < -0.3 is 15.3 Å². The van der Waals surface area contributed by atoms with Crippen LogP contribution in [-0.2, 0) is 0 Å². The van der Waals surface area contributed by atoms with Gasteiger partial charge in [0, 0.05) is 26.1 Å². The van der Waals surface area contributed by atoms with E-state index < -0.39 is 0 Å². The maximum atomic E-state index is 9.61. The highest BCUT2D eigenvalue weighted by Gasteiger charge is 2.25. The zero-order chi connectivity index (χ0) is 14.5. The maximum Gasteiger partial charge on any atom is 0.0786 e. The molecule has 0 radical (unpaired) electrons. The molecule has 0 saturated carbocycles. The van der Waals surface area contributed by atoms with Crippen LogP contribution < -0.4 is 10.2 Å². The zero-order valence-corrected chi connectivity index (χ0v) is 13.1. The summed E-state index contributed by atoms with van der Waals surface area (Å²) >= 11 is 6.24. The molecule has 1 aromatic rings. The number of nitrogens with one attached hydrogen (secondary N) is 1. The van der Waals surface area contributed by atoms with E-state index in [1.807, 2.05) is 37.2 Å². The van der Waals surface area contributed by atoms with Crippen LogP contribution in [0.15, 0.2) is 18.2 Å². The van der Waals surface area contributed by atoms with E-state index >= 15 is 0 Å². The average molecular weight is 285 g/mol. The molecule has 1 aromatic carbocycles. The molecule has 0 heterocycles. The quantitative estimate of drug-likeness (QED) is 0.803. The third kappa shape index (κ3) is 3.77. The van der Waals surface area contributed by atoms with Crippen molar-refractivity contribution in [3.63, 3.8) is 0 Å². The minimum Gasteiger partial charge on any atom is -0.396 e. The maximum absolute atomic E-state index is 9.61. The van der Waals surface area contributed by atoms with Crippen molar-refractivity contribution in [2.75, 3.05) is 37.5 Å². The van der Waals surface area contributed by atoms with Crippen molar-refractivity contribution in [2.24, 2.45) is 5.41 Å². The Kier molecular flexibility index (Phi) is 5.95. The number of benzene rings is 1. The number of hydrogen-bond acceptors (Lipinski definition) is 3. The molecular formula is C15H25ClN2O. The van der Waals surface area contributed by atoms with Gasteiger partial charge in [0.1, 0.15) is 0 Å². The van der Waals surface area contributed by atoms with Gasteiger partial charge >= 0.3 is 0 Å². The molecule has 0 saturated heterocycles. The fourth-order valence-electron chi connectivity index (χ4n) is 2.17. The van der Waals surface area contributed by atoms with Gasteiger partial charge in [0.05, 0.1) is 23.0 Å². The Labute approximate surface area is 121 Å². The largest absolute Gasteiger partial charge is 0.396 e. The molecule has 0 amide bonds. The minimum absolute atomic E-state index is 0.0636. The van der Waals surface area contributed by atoms with E-state index in [4.69, 9.17) is 11.6 Å². The molecule has 0 aliphatic heterocycles. The highest BCUT2D eigenvalue weighted by atomic mass is 35.5. The standard InChI is InChI=1S/C15H25ClN2O/c1-5-15(6-2,11-19)10-17-13-9-7-8-12(16)14(13)18(3)4/h7-9,17,19H,5-6,10-11H2,1-4H3. The number of nitrogens with zero attached hydrogens (tertiary/aromatic N) is 1. The second kappa shape index (κ2) is 7.01. The first-order chi connectivity index (χ1) is 8.99. The fourth-order valence-corrected chi connectivity index (χ4v) is 2.52. The molecule has 0 aliphatic rings. The molecule has 0 aliphatic carbocycles. The molecule has 0 atom stereocenters. The van der Waals surface area contributed by atoms with E-state index in [0.717, 1.165) is 35.8 Å². The lowest BCUT2D eigenvalue weighted by atomic mass is 9.83. The summed E-state index contributed by atoms with van der Waals surface area (Å²) in [4.78, 5) is 2.00. The topological polar surface area (TPSA) is 35.5 Å². The summed E-state index contributed by atoms with van der Waals surface area (Å²) in [5.74, 6) is 0. The van der Waals surface area contributed by atoms with Crippen molar-refractivity contribution in [2.45, 2.75) is 26.7 Å². The average Bonchev–Trinajstić information content (AvgIpc) is 2.40. The van der Waals surface area contributed by atoms with Crippen LogP contribution >= 0.6 is 11.6 Å². The van der Waals surface area contributed by atoms with E-state index in [9.17, 15) is 5.11 Å². The van der Waals surface area contributed by atoms with Crippen LogP contribution in [0.25, 0.3) is 0 Å². The first-order valence-electron chi connectivity index (χ1n) is 6.80. The molecule has 0 bridgehead atoms. The Balaban J connectivity index is 2.91. The lowest BCUT2D eigenvalue weighted by Crippen LogP contribution is -2.32. The van der Waals surface area contributed by atoms with Crippen LogP contribution in [0.1, 0.15) is 26.7 Å². The van der Waals surface area contributed by atoms with Gasteiger partial charge in [-0.05, 0) is 25.0 Å². The molecule has 0 spiro atoms.